The molecule has 1 atom stereocenters. The summed E-state index contributed by atoms with van der Waals surface area (Å²) in [5, 5.41) is 3.32. The average molecular weight is 217 g/mol. The van der Waals surface area contributed by atoms with Gasteiger partial charge in [0.15, 0.2) is 0 Å². The van der Waals surface area contributed by atoms with Gasteiger partial charge in [-0.05, 0) is 32.0 Å². The largest absolute Gasteiger partial charge is 0.344 e. The van der Waals surface area contributed by atoms with Crippen LogP contribution in [0.25, 0.3) is 0 Å². The number of fused-ring (bicyclic) bond motifs is 1. The molecule has 4 heteroatoms. The van der Waals surface area contributed by atoms with E-state index in [0.717, 1.165) is 31.6 Å². The summed E-state index contributed by atoms with van der Waals surface area (Å²) in [6, 6.07) is 0.361. The van der Waals surface area contributed by atoms with Crippen LogP contribution in [0.4, 0.5) is 4.79 Å². The molecule has 84 valence electrons. The zero-order valence-electron chi connectivity index (χ0n) is 9.10. The van der Waals surface area contributed by atoms with Crippen LogP contribution in [0.3, 0.4) is 0 Å². The second-order valence-electron chi connectivity index (χ2n) is 4.40. The Hall–Kier alpha value is -1.42. The Morgan fingerprint density at radius 2 is 2.12 bits per heavy atom. The number of aliphatic imine (C=N–C) groups is 1. The molecule has 2 heterocycles. The molecule has 0 bridgehead atoms. The number of hydrogen-bond acceptors (Lipinski definition) is 2. The van der Waals surface area contributed by atoms with Gasteiger partial charge in [0.05, 0.1) is 11.8 Å². The van der Waals surface area contributed by atoms with Crippen molar-refractivity contribution >= 4 is 11.7 Å². The van der Waals surface area contributed by atoms with Crippen molar-refractivity contribution in [2.45, 2.75) is 24.9 Å². The number of carbonyl (C=O) groups is 1. The summed E-state index contributed by atoms with van der Waals surface area (Å²) >= 11 is 0. The Morgan fingerprint density at radius 3 is 2.94 bits per heavy atom. The topological polar surface area (TPSA) is 44.7 Å². The third-order valence-electron chi connectivity index (χ3n) is 3.42. The lowest BCUT2D eigenvalue weighted by Gasteiger charge is -2.34. The summed E-state index contributed by atoms with van der Waals surface area (Å²) < 4.78 is 0. The zero-order chi connectivity index (χ0) is 11.0. The number of amides is 2. The minimum Gasteiger partial charge on any atom is -0.317 e. The van der Waals surface area contributed by atoms with Crippen molar-refractivity contribution < 1.29 is 4.79 Å². The smallest absolute Gasteiger partial charge is 0.317 e. The van der Waals surface area contributed by atoms with Gasteiger partial charge in [-0.3, -0.25) is 0 Å². The van der Waals surface area contributed by atoms with Gasteiger partial charge in [-0.15, -0.1) is 0 Å². The van der Waals surface area contributed by atoms with Gasteiger partial charge in [-0.2, -0.15) is 4.99 Å². The van der Waals surface area contributed by atoms with Gasteiger partial charge >= 0.3 is 6.03 Å². The van der Waals surface area contributed by atoms with Crippen LogP contribution in [0.15, 0.2) is 29.3 Å². The maximum atomic E-state index is 11.9. The highest BCUT2D eigenvalue weighted by Gasteiger charge is 2.37. The fourth-order valence-electron chi connectivity index (χ4n) is 2.61. The van der Waals surface area contributed by atoms with Gasteiger partial charge in [0.2, 0.25) is 0 Å². The van der Waals surface area contributed by atoms with Crippen LogP contribution >= 0.6 is 0 Å². The fraction of sp³-hybridized carbons (Fsp3) is 0.500. The summed E-state index contributed by atoms with van der Waals surface area (Å²) in [5.41, 5.74) is 0.894. The first-order valence-corrected chi connectivity index (χ1v) is 5.83. The van der Waals surface area contributed by atoms with Gasteiger partial charge in [-0.1, -0.05) is 18.2 Å². The molecule has 1 saturated heterocycles. The van der Waals surface area contributed by atoms with E-state index >= 15 is 0 Å². The Kier molecular flexibility index (Phi) is 2.36. The minimum absolute atomic E-state index is 0.0666. The number of nitrogens with zero attached hydrogens (tertiary/aromatic N) is 2. The third-order valence-corrected chi connectivity index (χ3v) is 3.42. The van der Waals surface area contributed by atoms with Crippen LogP contribution in [-0.2, 0) is 0 Å². The second-order valence-corrected chi connectivity index (χ2v) is 4.40. The number of urea groups is 1. The predicted octanol–water partition coefficient (Wildman–Crippen LogP) is 1.11. The maximum absolute atomic E-state index is 11.9. The average Bonchev–Trinajstić information content (AvgIpc) is 2.66. The molecule has 0 spiro atoms. The Labute approximate surface area is 94.7 Å². The quantitative estimate of drug-likeness (QED) is 0.715. The first-order valence-electron chi connectivity index (χ1n) is 5.83. The monoisotopic (exact) mass is 217 g/mol. The number of rotatable bonds is 1. The molecule has 1 unspecified atom stereocenters. The van der Waals surface area contributed by atoms with Crippen LogP contribution in [-0.4, -0.2) is 41.8 Å². The Morgan fingerprint density at radius 1 is 1.31 bits per heavy atom. The molecule has 3 rings (SSSR count). The van der Waals surface area contributed by atoms with Crippen LogP contribution in [0.2, 0.25) is 0 Å². The number of allylic oxidation sites excluding steroid dienone is 2. The standard InChI is InChI=1S/C12H15N3O/c16-12-14-10-3-1-2-4-11(10)15(12)9-5-7-13-8-6-9/h1-4,9,11,13H,5-8H2. The summed E-state index contributed by atoms with van der Waals surface area (Å²) in [6.45, 7) is 1.99. The van der Waals surface area contributed by atoms with E-state index in [2.05, 4.69) is 16.4 Å². The van der Waals surface area contributed by atoms with E-state index in [9.17, 15) is 4.79 Å². The molecule has 1 fully saturated rings. The predicted molar refractivity (Wildman–Crippen MR) is 62.6 cm³/mol. The van der Waals surface area contributed by atoms with E-state index in [1.807, 2.05) is 23.1 Å². The fourth-order valence-corrected chi connectivity index (χ4v) is 2.61. The van der Waals surface area contributed by atoms with E-state index < -0.39 is 0 Å². The number of carbonyl (C=O) groups excluding carboxylic acids is 1. The van der Waals surface area contributed by atoms with Crippen LogP contribution in [0.5, 0.6) is 0 Å². The molecular weight excluding hydrogens is 202 g/mol. The van der Waals surface area contributed by atoms with Crippen molar-refractivity contribution in [3.8, 4) is 0 Å². The molecule has 16 heavy (non-hydrogen) atoms. The Balaban J connectivity index is 1.83. The second kappa shape index (κ2) is 3.87. The lowest BCUT2D eigenvalue weighted by atomic mass is 10.00. The van der Waals surface area contributed by atoms with E-state index in [1.165, 1.54) is 0 Å². The first kappa shape index (κ1) is 9.78. The molecule has 0 aromatic rings. The molecule has 1 aliphatic carbocycles. The molecule has 2 aliphatic heterocycles. The van der Waals surface area contributed by atoms with Gasteiger partial charge in [0.25, 0.3) is 0 Å². The number of nitrogens with one attached hydrogen (secondary N) is 1. The lowest BCUT2D eigenvalue weighted by Crippen LogP contribution is -2.48. The summed E-state index contributed by atoms with van der Waals surface area (Å²) in [4.78, 5) is 17.9. The van der Waals surface area contributed by atoms with Crippen molar-refractivity contribution in [1.29, 1.82) is 0 Å². The van der Waals surface area contributed by atoms with E-state index in [1.54, 1.807) is 0 Å². The molecule has 0 radical (unpaired) electrons. The number of hydrogen-bond donors (Lipinski definition) is 1. The van der Waals surface area contributed by atoms with Gasteiger partial charge < -0.3 is 10.2 Å². The van der Waals surface area contributed by atoms with Gasteiger partial charge in [0, 0.05) is 6.04 Å². The van der Waals surface area contributed by atoms with Crippen molar-refractivity contribution in [2.24, 2.45) is 4.99 Å². The minimum atomic E-state index is -0.0666. The van der Waals surface area contributed by atoms with E-state index in [4.69, 9.17) is 0 Å². The summed E-state index contributed by atoms with van der Waals surface area (Å²) in [5.74, 6) is 0. The van der Waals surface area contributed by atoms with Crippen LogP contribution < -0.4 is 5.32 Å². The van der Waals surface area contributed by atoms with Crippen LogP contribution in [0.1, 0.15) is 12.8 Å². The highest BCUT2D eigenvalue weighted by molar-refractivity contribution is 6.12. The highest BCUT2D eigenvalue weighted by atomic mass is 16.2. The molecule has 0 saturated carbocycles. The summed E-state index contributed by atoms with van der Waals surface area (Å²) in [6.07, 6.45) is 9.99. The normalized spacial score (nSPS) is 29.5. The van der Waals surface area contributed by atoms with Crippen molar-refractivity contribution in [3.05, 3.63) is 24.3 Å². The molecule has 0 aromatic carbocycles. The van der Waals surface area contributed by atoms with Crippen molar-refractivity contribution in [1.82, 2.24) is 10.2 Å². The molecule has 3 aliphatic rings. The first-order chi connectivity index (χ1) is 7.86. The van der Waals surface area contributed by atoms with E-state index in [0.29, 0.717) is 6.04 Å². The van der Waals surface area contributed by atoms with Crippen molar-refractivity contribution in [3.63, 3.8) is 0 Å². The van der Waals surface area contributed by atoms with Crippen LogP contribution in [0, 0.1) is 0 Å². The molecule has 2 amide bonds. The maximum Gasteiger partial charge on any atom is 0.344 e. The molecular formula is C12H15N3O. The third kappa shape index (κ3) is 1.50. The van der Waals surface area contributed by atoms with Gasteiger partial charge in [-0.25, -0.2) is 4.79 Å². The molecule has 1 N–H and O–H groups in total. The lowest BCUT2D eigenvalue weighted by molar-refractivity contribution is 0.172. The number of piperidine rings is 1. The molecule has 0 aromatic heterocycles. The van der Waals surface area contributed by atoms with Crippen molar-refractivity contribution in [2.75, 3.05) is 13.1 Å². The SMILES string of the molecule is O=C1N=C2C=CC=CC2N1C1CCNCC1. The highest BCUT2D eigenvalue weighted by Crippen LogP contribution is 2.24. The molecule has 4 nitrogen and oxygen atoms in total. The summed E-state index contributed by atoms with van der Waals surface area (Å²) in [7, 11) is 0. The van der Waals surface area contributed by atoms with E-state index in [-0.39, 0.29) is 12.1 Å². The Bertz CT molecular complexity index is 391. The van der Waals surface area contributed by atoms with Gasteiger partial charge in [0.1, 0.15) is 0 Å². The zero-order valence-corrected chi connectivity index (χ0v) is 9.10.